The second kappa shape index (κ2) is 5.50. The summed E-state index contributed by atoms with van der Waals surface area (Å²) < 4.78 is 32.2. The van der Waals surface area contributed by atoms with E-state index in [-0.39, 0.29) is 10.5 Å². The van der Waals surface area contributed by atoms with E-state index in [0.717, 1.165) is 6.42 Å². The van der Waals surface area contributed by atoms with Crippen LogP contribution in [-0.4, -0.2) is 21.0 Å². The molecule has 2 N–H and O–H groups in total. The second-order valence-corrected chi connectivity index (χ2v) is 8.20. The average molecular weight is 300 g/mol. The van der Waals surface area contributed by atoms with Crippen LogP contribution >= 0.6 is 0 Å². The zero-order chi connectivity index (χ0) is 15.0. The van der Waals surface area contributed by atoms with Gasteiger partial charge < -0.3 is 9.73 Å². The van der Waals surface area contributed by atoms with Crippen molar-refractivity contribution < 1.29 is 12.8 Å². The third kappa shape index (κ3) is 3.84. The molecule has 6 heteroatoms. The van der Waals surface area contributed by atoms with Crippen molar-refractivity contribution in [2.75, 3.05) is 6.54 Å². The molecule has 0 amide bonds. The first kappa shape index (κ1) is 15.5. The zero-order valence-corrected chi connectivity index (χ0v) is 13.4. The first-order valence-corrected chi connectivity index (χ1v) is 8.51. The molecular weight excluding hydrogens is 276 g/mol. The molecule has 1 unspecified atom stereocenters. The van der Waals surface area contributed by atoms with Crippen LogP contribution in [0.5, 0.6) is 0 Å². The molecule has 1 atom stereocenters. The largest absolute Gasteiger partial charge is 0.447 e. The van der Waals surface area contributed by atoms with Gasteiger partial charge in [-0.25, -0.2) is 13.1 Å². The molecule has 1 heterocycles. The van der Waals surface area contributed by atoms with Crippen molar-refractivity contribution in [2.24, 2.45) is 11.3 Å². The Hall–Kier alpha value is -0.850. The average Bonchev–Trinajstić information content (AvgIpc) is 2.77. The molecule has 0 aliphatic heterocycles. The first-order chi connectivity index (χ1) is 9.21. The molecule has 5 nitrogen and oxygen atoms in total. The van der Waals surface area contributed by atoms with Crippen LogP contribution in [0.15, 0.2) is 21.6 Å². The molecule has 2 rings (SSSR count). The van der Waals surface area contributed by atoms with Gasteiger partial charge >= 0.3 is 0 Å². The molecule has 1 aliphatic rings. The van der Waals surface area contributed by atoms with Crippen LogP contribution in [0.4, 0.5) is 0 Å². The zero-order valence-electron chi connectivity index (χ0n) is 12.6. The molecule has 1 saturated carbocycles. The first-order valence-electron chi connectivity index (χ1n) is 7.02. The SMILES string of the molecule is CC(C)NCc1ccc(S(=O)(=O)NCC2CC2(C)C)o1. The van der Waals surface area contributed by atoms with Gasteiger partial charge in [0.1, 0.15) is 5.76 Å². The van der Waals surface area contributed by atoms with E-state index in [1.54, 1.807) is 6.07 Å². The molecule has 0 spiro atoms. The van der Waals surface area contributed by atoms with Gasteiger partial charge in [0.25, 0.3) is 10.0 Å². The summed E-state index contributed by atoms with van der Waals surface area (Å²) in [6, 6.07) is 3.54. The van der Waals surface area contributed by atoms with Crippen LogP contribution in [-0.2, 0) is 16.6 Å². The van der Waals surface area contributed by atoms with Crippen molar-refractivity contribution in [3.05, 3.63) is 17.9 Å². The number of hydrogen-bond acceptors (Lipinski definition) is 4. The monoisotopic (exact) mass is 300 g/mol. The lowest BCUT2D eigenvalue weighted by molar-refractivity contribution is 0.392. The Morgan fingerprint density at radius 3 is 2.60 bits per heavy atom. The molecule has 1 aromatic rings. The lowest BCUT2D eigenvalue weighted by Gasteiger charge is -2.06. The van der Waals surface area contributed by atoms with Crippen molar-refractivity contribution in [2.45, 2.75) is 51.8 Å². The van der Waals surface area contributed by atoms with Crippen molar-refractivity contribution in [1.29, 1.82) is 0 Å². The van der Waals surface area contributed by atoms with E-state index in [2.05, 4.69) is 23.9 Å². The maximum atomic E-state index is 12.1. The Balaban J connectivity index is 1.92. The molecule has 1 fully saturated rings. The Labute approximate surface area is 121 Å². The third-order valence-corrected chi connectivity index (χ3v) is 5.12. The van der Waals surface area contributed by atoms with E-state index < -0.39 is 10.0 Å². The van der Waals surface area contributed by atoms with E-state index in [0.29, 0.717) is 30.8 Å². The Morgan fingerprint density at radius 1 is 1.40 bits per heavy atom. The van der Waals surface area contributed by atoms with Crippen molar-refractivity contribution in [3.8, 4) is 0 Å². The Morgan fingerprint density at radius 2 is 2.05 bits per heavy atom. The van der Waals surface area contributed by atoms with Gasteiger partial charge in [0.15, 0.2) is 0 Å². The normalized spacial score (nSPS) is 21.4. The van der Waals surface area contributed by atoms with Gasteiger partial charge in [0.05, 0.1) is 6.54 Å². The minimum absolute atomic E-state index is 0.00323. The summed E-state index contributed by atoms with van der Waals surface area (Å²) in [6.07, 6.45) is 1.07. The molecule has 0 radical (unpaired) electrons. The van der Waals surface area contributed by atoms with Crippen LogP contribution in [0, 0.1) is 11.3 Å². The molecular formula is C14H24N2O3S. The van der Waals surface area contributed by atoms with Crippen molar-refractivity contribution >= 4 is 10.0 Å². The maximum absolute atomic E-state index is 12.1. The maximum Gasteiger partial charge on any atom is 0.273 e. The van der Waals surface area contributed by atoms with Gasteiger partial charge in [-0.15, -0.1) is 0 Å². The van der Waals surface area contributed by atoms with Crippen molar-refractivity contribution in [3.63, 3.8) is 0 Å². The molecule has 1 aliphatic carbocycles. The molecule has 20 heavy (non-hydrogen) atoms. The van der Waals surface area contributed by atoms with Gasteiger partial charge in [-0.2, -0.15) is 0 Å². The van der Waals surface area contributed by atoms with E-state index >= 15 is 0 Å². The molecule has 0 saturated heterocycles. The molecule has 114 valence electrons. The summed E-state index contributed by atoms with van der Waals surface area (Å²) in [7, 11) is -3.53. The topological polar surface area (TPSA) is 71.3 Å². The fraction of sp³-hybridized carbons (Fsp3) is 0.714. The summed E-state index contributed by atoms with van der Waals surface area (Å²) >= 11 is 0. The predicted molar refractivity (Wildman–Crippen MR) is 77.8 cm³/mol. The van der Waals surface area contributed by atoms with Gasteiger partial charge in [-0.1, -0.05) is 27.7 Å². The highest BCUT2D eigenvalue weighted by molar-refractivity contribution is 7.89. The van der Waals surface area contributed by atoms with Crippen LogP contribution in [0.3, 0.4) is 0 Å². The number of sulfonamides is 1. The summed E-state index contributed by atoms with van der Waals surface area (Å²) in [5.74, 6) is 1.06. The van der Waals surface area contributed by atoms with Gasteiger partial charge in [-0.3, -0.25) is 0 Å². The van der Waals surface area contributed by atoms with Crippen LogP contribution in [0.2, 0.25) is 0 Å². The second-order valence-electron chi connectivity index (χ2n) is 6.50. The molecule has 1 aromatic heterocycles. The Bertz CT molecular complexity index is 561. The Kier molecular flexibility index (Phi) is 4.27. The highest BCUT2D eigenvalue weighted by Crippen LogP contribution is 2.51. The van der Waals surface area contributed by atoms with Crippen LogP contribution < -0.4 is 10.0 Å². The minimum Gasteiger partial charge on any atom is -0.447 e. The lowest BCUT2D eigenvalue weighted by atomic mass is 10.1. The number of furan rings is 1. The summed E-state index contributed by atoms with van der Waals surface area (Å²) in [5.41, 5.74) is 0.262. The van der Waals surface area contributed by atoms with Crippen LogP contribution in [0.25, 0.3) is 0 Å². The van der Waals surface area contributed by atoms with Crippen molar-refractivity contribution in [1.82, 2.24) is 10.0 Å². The third-order valence-electron chi connectivity index (χ3n) is 3.82. The summed E-state index contributed by atoms with van der Waals surface area (Å²) in [6.45, 7) is 9.36. The minimum atomic E-state index is -3.53. The quantitative estimate of drug-likeness (QED) is 0.809. The van der Waals surface area contributed by atoms with Gasteiger partial charge in [0.2, 0.25) is 5.09 Å². The van der Waals surface area contributed by atoms with E-state index in [4.69, 9.17) is 4.42 Å². The number of hydrogen-bond donors (Lipinski definition) is 2. The number of nitrogens with one attached hydrogen (secondary N) is 2. The van der Waals surface area contributed by atoms with Gasteiger partial charge in [-0.05, 0) is 29.9 Å². The van der Waals surface area contributed by atoms with E-state index in [1.807, 2.05) is 13.8 Å². The van der Waals surface area contributed by atoms with E-state index in [1.165, 1.54) is 6.07 Å². The van der Waals surface area contributed by atoms with Crippen LogP contribution in [0.1, 0.15) is 39.9 Å². The van der Waals surface area contributed by atoms with E-state index in [9.17, 15) is 8.42 Å². The lowest BCUT2D eigenvalue weighted by Crippen LogP contribution is -2.26. The highest BCUT2D eigenvalue weighted by atomic mass is 32.2. The van der Waals surface area contributed by atoms with Gasteiger partial charge in [0, 0.05) is 12.6 Å². The standard InChI is InChI=1S/C14H24N2O3S/c1-10(2)15-9-12-5-6-13(19-12)20(17,18)16-8-11-7-14(11,3)4/h5-6,10-11,15-16H,7-9H2,1-4H3. The molecule has 0 aromatic carbocycles. The summed E-state index contributed by atoms with van der Waals surface area (Å²) in [4.78, 5) is 0. The predicted octanol–water partition coefficient (Wildman–Crippen LogP) is 2.10. The fourth-order valence-electron chi connectivity index (χ4n) is 2.11. The fourth-order valence-corrected chi connectivity index (χ4v) is 3.14. The number of rotatable bonds is 7. The highest BCUT2D eigenvalue weighted by Gasteiger charge is 2.45. The summed E-state index contributed by atoms with van der Waals surface area (Å²) in [5, 5.41) is 3.19. The smallest absolute Gasteiger partial charge is 0.273 e. The molecule has 0 bridgehead atoms.